The van der Waals surface area contributed by atoms with Gasteiger partial charge in [0.2, 0.25) is 0 Å². The number of aliphatic hydroxyl groups excluding tert-OH is 4. The van der Waals surface area contributed by atoms with Crippen LogP contribution in [0.4, 0.5) is 0 Å². The van der Waals surface area contributed by atoms with E-state index in [2.05, 4.69) is 74.6 Å². The van der Waals surface area contributed by atoms with Gasteiger partial charge in [-0.15, -0.1) is 0 Å². The van der Waals surface area contributed by atoms with Crippen molar-refractivity contribution in [2.24, 2.45) is 0 Å². The quantitative estimate of drug-likeness (QED) is 0.0267. The Balaban J connectivity index is 2.16. The minimum absolute atomic E-state index is 0.118. The molecule has 1 rings (SSSR count). The summed E-state index contributed by atoms with van der Waals surface area (Å²) in [6.07, 6.45) is 61.2. The van der Waals surface area contributed by atoms with E-state index in [9.17, 15) is 25.2 Å². The lowest BCUT2D eigenvalue weighted by Gasteiger charge is -2.39. The molecule has 0 aromatic carbocycles. The van der Waals surface area contributed by atoms with E-state index in [-0.39, 0.29) is 19.2 Å². The molecule has 0 radical (unpaired) electrons. The molecule has 70 heavy (non-hydrogen) atoms. The first-order chi connectivity index (χ1) is 34.4. The lowest BCUT2D eigenvalue weighted by molar-refractivity contribution is -0.305. The van der Waals surface area contributed by atoms with Gasteiger partial charge < -0.3 is 39.4 Å². The van der Waals surface area contributed by atoms with Crippen molar-refractivity contribution >= 4 is 5.97 Å². The number of carbonyl (C=O) groups is 1. The van der Waals surface area contributed by atoms with Crippen LogP contribution in [0.15, 0.2) is 60.8 Å². The van der Waals surface area contributed by atoms with Crippen molar-refractivity contribution in [3.05, 3.63) is 60.8 Å². The van der Waals surface area contributed by atoms with Crippen LogP contribution in [0.25, 0.3) is 0 Å². The number of hydrogen-bond donors (Lipinski definition) is 4. The molecule has 6 unspecified atom stereocenters. The van der Waals surface area contributed by atoms with E-state index in [1.54, 1.807) is 0 Å². The summed E-state index contributed by atoms with van der Waals surface area (Å²) >= 11 is 0. The smallest absolute Gasteiger partial charge is 0.306 e. The molecule has 1 aliphatic heterocycles. The lowest BCUT2D eigenvalue weighted by Crippen LogP contribution is -2.59. The van der Waals surface area contributed by atoms with Gasteiger partial charge in [0.1, 0.15) is 30.5 Å². The number of ether oxygens (including phenoxy) is 4. The first kappa shape index (κ1) is 65.9. The molecule has 408 valence electrons. The highest BCUT2D eigenvalue weighted by Gasteiger charge is 2.44. The van der Waals surface area contributed by atoms with E-state index < -0.39 is 43.4 Å². The van der Waals surface area contributed by atoms with E-state index in [1.165, 1.54) is 180 Å². The average Bonchev–Trinajstić information content (AvgIpc) is 3.36. The van der Waals surface area contributed by atoms with Crippen molar-refractivity contribution in [2.75, 3.05) is 26.4 Å². The van der Waals surface area contributed by atoms with Crippen molar-refractivity contribution in [3.63, 3.8) is 0 Å². The molecule has 1 heterocycles. The maximum Gasteiger partial charge on any atom is 0.306 e. The summed E-state index contributed by atoms with van der Waals surface area (Å²) in [5, 5.41) is 40.4. The normalized spacial score (nSPS) is 19.3. The van der Waals surface area contributed by atoms with Crippen LogP contribution < -0.4 is 0 Å². The topological polar surface area (TPSA) is 135 Å². The number of hydrogen-bond acceptors (Lipinski definition) is 9. The predicted octanol–water partition coefficient (Wildman–Crippen LogP) is 15.4. The maximum absolute atomic E-state index is 12.9. The number of carbonyl (C=O) groups excluding carboxylic acids is 1. The Morgan fingerprint density at radius 1 is 0.457 bits per heavy atom. The Morgan fingerprint density at radius 3 is 1.24 bits per heavy atom. The van der Waals surface area contributed by atoms with Crippen LogP contribution in [0.2, 0.25) is 0 Å². The third kappa shape index (κ3) is 41.4. The average molecular weight is 988 g/mol. The minimum atomic E-state index is -1.54. The van der Waals surface area contributed by atoms with E-state index in [0.717, 1.165) is 57.8 Å². The monoisotopic (exact) mass is 987 g/mol. The molecule has 0 bridgehead atoms. The zero-order chi connectivity index (χ0) is 50.6. The number of esters is 1. The third-order valence-corrected chi connectivity index (χ3v) is 13.4. The Morgan fingerprint density at radius 2 is 0.829 bits per heavy atom. The Bertz CT molecular complexity index is 1260. The van der Waals surface area contributed by atoms with Crippen LogP contribution in [-0.4, -0.2) is 89.6 Å². The van der Waals surface area contributed by atoms with Crippen molar-refractivity contribution < 1.29 is 44.2 Å². The van der Waals surface area contributed by atoms with Gasteiger partial charge in [0, 0.05) is 13.0 Å². The fourth-order valence-electron chi connectivity index (χ4n) is 8.83. The summed E-state index contributed by atoms with van der Waals surface area (Å²) in [6, 6.07) is 0. The molecule has 0 aromatic heterocycles. The van der Waals surface area contributed by atoms with Crippen molar-refractivity contribution in [2.45, 2.75) is 295 Å². The van der Waals surface area contributed by atoms with E-state index in [4.69, 9.17) is 18.9 Å². The predicted molar refractivity (Wildman–Crippen MR) is 293 cm³/mol. The highest BCUT2D eigenvalue weighted by molar-refractivity contribution is 5.69. The van der Waals surface area contributed by atoms with Gasteiger partial charge in [-0.1, -0.05) is 229 Å². The van der Waals surface area contributed by atoms with Crippen LogP contribution in [-0.2, 0) is 23.7 Å². The molecule has 0 spiro atoms. The summed E-state index contributed by atoms with van der Waals surface area (Å²) in [7, 11) is 0. The van der Waals surface area contributed by atoms with Crippen LogP contribution >= 0.6 is 0 Å². The highest BCUT2D eigenvalue weighted by atomic mass is 16.7. The largest absolute Gasteiger partial charge is 0.457 e. The van der Waals surface area contributed by atoms with Crippen LogP contribution in [0, 0.1) is 0 Å². The Kier molecular flexibility index (Phi) is 48.7. The molecule has 0 amide bonds. The number of allylic oxidation sites excluding steroid dienone is 10. The Hall–Kier alpha value is -2.11. The summed E-state index contributed by atoms with van der Waals surface area (Å²) < 4.78 is 23.0. The maximum atomic E-state index is 12.9. The number of aliphatic hydroxyl groups is 4. The molecule has 9 heteroatoms. The summed E-state index contributed by atoms with van der Waals surface area (Å²) in [4.78, 5) is 12.9. The first-order valence-corrected chi connectivity index (χ1v) is 29.4. The second kappa shape index (κ2) is 51.8. The molecule has 0 saturated carbocycles. The van der Waals surface area contributed by atoms with E-state index in [1.807, 2.05) is 0 Å². The molecule has 1 saturated heterocycles. The number of rotatable bonds is 51. The second-order valence-electron chi connectivity index (χ2n) is 20.1. The Labute approximate surface area is 430 Å². The summed E-state index contributed by atoms with van der Waals surface area (Å²) in [5.74, 6) is -0.319. The van der Waals surface area contributed by atoms with Crippen molar-refractivity contribution in [1.82, 2.24) is 0 Å². The molecule has 0 aromatic rings. The van der Waals surface area contributed by atoms with Crippen molar-refractivity contribution in [1.29, 1.82) is 0 Å². The van der Waals surface area contributed by atoms with Crippen LogP contribution in [0.1, 0.15) is 258 Å². The number of unbranched alkanes of at least 4 members (excludes halogenated alkanes) is 30. The molecule has 4 N–H and O–H groups in total. The molecule has 9 nitrogen and oxygen atoms in total. The van der Waals surface area contributed by atoms with Gasteiger partial charge in [0.05, 0.1) is 19.8 Å². The van der Waals surface area contributed by atoms with Gasteiger partial charge in [0.25, 0.3) is 0 Å². The van der Waals surface area contributed by atoms with Gasteiger partial charge >= 0.3 is 5.97 Å². The van der Waals surface area contributed by atoms with Gasteiger partial charge in [-0.2, -0.15) is 0 Å². The SMILES string of the molecule is CCCCCCC/C=C\C/C=C\C/C=C\CCCCCCCCCCC(=O)OC(COCCCCCCCCCCCCCC/C=C\C/C=C\CCCCCCC)COC1OC(CO)C(O)C(O)C1O. The minimum Gasteiger partial charge on any atom is -0.457 e. The fraction of sp³-hybridized carbons (Fsp3) is 0.820. The summed E-state index contributed by atoms with van der Waals surface area (Å²) in [6.45, 7) is 4.56. The standard InChI is InChI=1S/C61H110O9/c1-3-5-7-9-11-13-15-17-19-21-23-25-27-29-31-33-35-37-39-41-43-45-47-49-51-67-53-55(54-68-61-60(66)59(65)58(64)56(52-62)70-61)69-57(63)50-48-46-44-42-40-38-36-34-32-30-28-26-24-22-20-18-16-14-12-10-8-6-4-2/h15-18,21-24,28,30,55-56,58-62,64-66H,3-14,19-20,25-27,29,31-54H2,1-2H3/b17-15-,18-16-,23-21-,24-22-,30-28-. The van der Waals surface area contributed by atoms with Crippen LogP contribution in [0.3, 0.4) is 0 Å². The van der Waals surface area contributed by atoms with Gasteiger partial charge in [0.15, 0.2) is 6.29 Å². The van der Waals surface area contributed by atoms with Gasteiger partial charge in [-0.3, -0.25) is 4.79 Å². The highest BCUT2D eigenvalue weighted by Crippen LogP contribution is 2.23. The van der Waals surface area contributed by atoms with Gasteiger partial charge in [-0.05, 0) is 83.5 Å². The van der Waals surface area contributed by atoms with Crippen LogP contribution in [0.5, 0.6) is 0 Å². The van der Waals surface area contributed by atoms with Gasteiger partial charge in [-0.25, -0.2) is 0 Å². The summed E-state index contributed by atoms with van der Waals surface area (Å²) in [5.41, 5.74) is 0. The molecular formula is C61H110O9. The molecular weight excluding hydrogens is 877 g/mol. The van der Waals surface area contributed by atoms with E-state index in [0.29, 0.717) is 13.0 Å². The zero-order valence-corrected chi connectivity index (χ0v) is 45.3. The molecule has 0 aliphatic carbocycles. The first-order valence-electron chi connectivity index (χ1n) is 29.4. The van der Waals surface area contributed by atoms with E-state index >= 15 is 0 Å². The zero-order valence-electron chi connectivity index (χ0n) is 45.3. The van der Waals surface area contributed by atoms with Crippen molar-refractivity contribution in [3.8, 4) is 0 Å². The molecule has 6 atom stereocenters. The molecule has 1 aliphatic rings. The fourth-order valence-corrected chi connectivity index (χ4v) is 8.83. The lowest BCUT2D eigenvalue weighted by atomic mass is 9.99. The third-order valence-electron chi connectivity index (χ3n) is 13.4. The second-order valence-corrected chi connectivity index (χ2v) is 20.1. The molecule has 1 fully saturated rings.